The number of nitrogens with one attached hydrogen (secondary N) is 2. The van der Waals surface area contributed by atoms with Gasteiger partial charge in [-0.15, -0.1) is 0 Å². The molecule has 0 spiro atoms. The molecule has 11 heteroatoms. The molecule has 1 aromatic heterocycles. The number of sulfone groups is 1. The molecule has 2 aromatic carbocycles. The van der Waals surface area contributed by atoms with Crippen molar-refractivity contribution < 1.29 is 22.3 Å². The molecule has 2 fully saturated rings. The van der Waals surface area contributed by atoms with E-state index in [0.29, 0.717) is 67.7 Å². The second kappa shape index (κ2) is 10.9. The van der Waals surface area contributed by atoms with Gasteiger partial charge in [0.1, 0.15) is 16.4 Å². The molecule has 0 bridgehead atoms. The molecule has 2 heterocycles. The molecule has 1 saturated carbocycles. The van der Waals surface area contributed by atoms with Gasteiger partial charge in [0.25, 0.3) is 0 Å². The number of ether oxygens (including phenoxy) is 1. The summed E-state index contributed by atoms with van der Waals surface area (Å²) in [5.74, 6) is 0.531. The zero-order valence-electron chi connectivity index (χ0n) is 22.0. The zero-order chi connectivity index (χ0) is 27.6. The van der Waals surface area contributed by atoms with E-state index in [1.165, 1.54) is 12.1 Å². The molecule has 5 rings (SSSR count). The summed E-state index contributed by atoms with van der Waals surface area (Å²) in [5, 5.41) is 5.56. The highest BCUT2D eigenvalue weighted by atomic mass is 32.2. The number of anilines is 2. The number of aromatic nitrogens is 2. The summed E-state index contributed by atoms with van der Waals surface area (Å²) in [4.78, 5) is 23.8. The first kappa shape index (κ1) is 27.0. The van der Waals surface area contributed by atoms with Crippen LogP contribution in [0.5, 0.6) is 0 Å². The highest BCUT2D eigenvalue weighted by Gasteiger charge is 2.58. The van der Waals surface area contributed by atoms with Crippen molar-refractivity contribution >= 4 is 27.4 Å². The Labute approximate surface area is 227 Å². The van der Waals surface area contributed by atoms with Gasteiger partial charge >= 0.3 is 6.03 Å². The Morgan fingerprint density at radius 3 is 2.49 bits per heavy atom. The normalized spacial score (nSPS) is 18.4. The maximum absolute atomic E-state index is 13.8. The van der Waals surface area contributed by atoms with Crippen molar-refractivity contribution in [2.24, 2.45) is 0 Å². The summed E-state index contributed by atoms with van der Waals surface area (Å²) in [6.07, 6.45) is 1.66. The van der Waals surface area contributed by atoms with E-state index in [1.807, 2.05) is 13.8 Å². The molecule has 3 aromatic rings. The number of amides is 2. The van der Waals surface area contributed by atoms with Gasteiger partial charge in [0.05, 0.1) is 29.8 Å². The molecule has 9 nitrogen and oxygen atoms in total. The van der Waals surface area contributed by atoms with Crippen LogP contribution in [0.25, 0.3) is 11.4 Å². The van der Waals surface area contributed by atoms with Crippen LogP contribution in [0.4, 0.5) is 20.7 Å². The monoisotopic (exact) mass is 553 g/mol. The van der Waals surface area contributed by atoms with Gasteiger partial charge < -0.3 is 20.3 Å². The quantitative estimate of drug-likeness (QED) is 0.395. The maximum atomic E-state index is 13.8. The van der Waals surface area contributed by atoms with E-state index in [-0.39, 0.29) is 17.0 Å². The van der Waals surface area contributed by atoms with Crippen LogP contribution >= 0.6 is 0 Å². The van der Waals surface area contributed by atoms with Crippen LogP contribution < -0.4 is 15.5 Å². The predicted octanol–water partition coefficient (Wildman–Crippen LogP) is 4.50. The lowest BCUT2D eigenvalue weighted by molar-refractivity contribution is 0.0985. The molecule has 1 aliphatic carbocycles. The van der Waals surface area contributed by atoms with Gasteiger partial charge in [0.15, 0.2) is 15.7 Å². The summed E-state index contributed by atoms with van der Waals surface area (Å²) in [5.41, 5.74) is 1.73. The number of nitrogens with zero attached hydrogens (tertiary/aromatic N) is 3. The number of hydrogen-bond acceptors (Lipinski definition) is 7. The SMILES string of the molecule is CCCNC(=O)Nc1ccc(-c2nc(N3CCOC[C@@H]3C)cc(C3(S(=O)(=O)c4ccc(F)cc4)CC3)n2)cc1. The van der Waals surface area contributed by atoms with Gasteiger partial charge in [-0.25, -0.2) is 27.6 Å². The van der Waals surface area contributed by atoms with E-state index >= 15 is 0 Å². The van der Waals surface area contributed by atoms with Crippen LogP contribution in [0.2, 0.25) is 0 Å². The Morgan fingerprint density at radius 2 is 1.85 bits per heavy atom. The van der Waals surface area contributed by atoms with Crippen molar-refractivity contribution in [3.8, 4) is 11.4 Å². The molecule has 0 unspecified atom stereocenters. The summed E-state index contributed by atoms with van der Waals surface area (Å²) in [6, 6.07) is 13.6. The third-order valence-electron chi connectivity index (χ3n) is 7.12. The van der Waals surface area contributed by atoms with Crippen molar-refractivity contribution in [3.05, 3.63) is 66.1 Å². The topological polar surface area (TPSA) is 114 Å². The Morgan fingerprint density at radius 1 is 1.13 bits per heavy atom. The fraction of sp³-hybridized carbons (Fsp3) is 0.393. The molecule has 1 atom stereocenters. The van der Waals surface area contributed by atoms with Crippen LogP contribution in [0, 0.1) is 5.82 Å². The number of carbonyl (C=O) groups excluding carboxylic acids is 1. The van der Waals surface area contributed by atoms with Crippen LogP contribution in [-0.2, 0) is 19.3 Å². The van der Waals surface area contributed by atoms with Gasteiger partial charge in [0.2, 0.25) is 0 Å². The number of halogens is 1. The minimum Gasteiger partial charge on any atom is -0.377 e. The first-order chi connectivity index (χ1) is 18.7. The van der Waals surface area contributed by atoms with Crippen LogP contribution in [0.1, 0.15) is 38.8 Å². The van der Waals surface area contributed by atoms with Gasteiger partial charge in [-0.05, 0) is 74.7 Å². The minimum absolute atomic E-state index is 0.0476. The number of rotatable bonds is 8. The lowest BCUT2D eigenvalue weighted by Crippen LogP contribution is -2.44. The smallest absolute Gasteiger partial charge is 0.319 e. The van der Waals surface area contributed by atoms with Gasteiger partial charge in [0, 0.05) is 30.4 Å². The van der Waals surface area contributed by atoms with Crippen LogP contribution in [0.3, 0.4) is 0 Å². The Hall–Kier alpha value is -3.57. The van der Waals surface area contributed by atoms with Crippen molar-refractivity contribution in [1.29, 1.82) is 0 Å². The third-order valence-corrected chi connectivity index (χ3v) is 9.66. The highest BCUT2D eigenvalue weighted by molar-refractivity contribution is 7.92. The molecular formula is C28H32FN5O4S. The molecular weight excluding hydrogens is 521 g/mol. The number of hydrogen-bond donors (Lipinski definition) is 2. The summed E-state index contributed by atoms with van der Waals surface area (Å²) in [6.45, 7) is 6.28. The fourth-order valence-electron chi connectivity index (χ4n) is 4.74. The molecule has 39 heavy (non-hydrogen) atoms. The summed E-state index contributed by atoms with van der Waals surface area (Å²) in [7, 11) is -3.84. The fourth-order valence-corrected chi connectivity index (χ4v) is 6.71. The number of morpholine rings is 1. The van der Waals surface area contributed by atoms with Crippen molar-refractivity contribution in [1.82, 2.24) is 15.3 Å². The van der Waals surface area contributed by atoms with E-state index in [9.17, 15) is 17.6 Å². The average molecular weight is 554 g/mol. The number of benzene rings is 2. The lowest BCUT2D eigenvalue weighted by Gasteiger charge is -2.34. The van der Waals surface area contributed by atoms with E-state index in [0.717, 1.165) is 18.6 Å². The molecule has 0 radical (unpaired) electrons. The molecule has 2 aliphatic rings. The van der Waals surface area contributed by atoms with Gasteiger partial charge in [-0.3, -0.25) is 0 Å². The van der Waals surface area contributed by atoms with Gasteiger partial charge in [-0.1, -0.05) is 6.92 Å². The molecule has 2 N–H and O–H groups in total. The van der Waals surface area contributed by atoms with Crippen molar-refractivity contribution in [3.63, 3.8) is 0 Å². The Balaban J connectivity index is 1.53. The van der Waals surface area contributed by atoms with Crippen molar-refractivity contribution in [2.75, 3.05) is 36.5 Å². The first-order valence-corrected chi connectivity index (χ1v) is 14.6. The van der Waals surface area contributed by atoms with E-state index in [4.69, 9.17) is 14.7 Å². The van der Waals surface area contributed by atoms with E-state index < -0.39 is 20.4 Å². The molecule has 1 aliphatic heterocycles. The Kier molecular flexibility index (Phi) is 7.55. The molecule has 2 amide bonds. The van der Waals surface area contributed by atoms with Crippen LogP contribution in [0.15, 0.2) is 59.5 Å². The summed E-state index contributed by atoms with van der Waals surface area (Å²) < 4.78 is 45.5. The largest absolute Gasteiger partial charge is 0.377 e. The second-order valence-corrected chi connectivity index (χ2v) is 12.2. The number of carbonyl (C=O) groups is 1. The average Bonchev–Trinajstić information content (AvgIpc) is 3.76. The highest BCUT2D eigenvalue weighted by Crippen LogP contribution is 2.55. The molecule has 1 saturated heterocycles. The molecule has 206 valence electrons. The summed E-state index contributed by atoms with van der Waals surface area (Å²) >= 11 is 0. The number of urea groups is 1. The zero-order valence-corrected chi connectivity index (χ0v) is 22.8. The minimum atomic E-state index is -3.84. The van der Waals surface area contributed by atoms with Crippen LogP contribution in [-0.4, -0.2) is 56.8 Å². The second-order valence-electron chi connectivity index (χ2n) is 9.96. The first-order valence-electron chi connectivity index (χ1n) is 13.1. The standard InChI is InChI=1S/C28H32FN5O4S/c1-3-14-30-27(35)31-22-8-4-20(5-9-22)26-32-24(17-25(33-26)34-15-16-38-18-19(34)2)28(12-13-28)39(36,37)23-10-6-21(29)7-11-23/h4-11,17,19H,3,12-16,18H2,1-2H3,(H2,30,31,35)/t19-/m0/s1. The van der Waals surface area contributed by atoms with Gasteiger partial charge in [-0.2, -0.15) is 0 Å². The van der Waals surface area contributed by atoms with E-state index in [1.54, 1.807) is 30.3 Å². The predicted molar refractivity (Wildman–Crippen MR) is 147 cm³/mol. The lowest BCUT2D eigenvalue weighted by atomic mass is 10.1. The van der Waals surface area contributed by atoms with Crippen molar-refractivity contribution in [2.45, 2.75) is 48.8 Å². The Bertz CT molecular complexity index is 1440. The van der Waals surface area contributed by atoms with E-state index in [2.05, 4.69) is 15.5 Å². The maximum Gasteiger partial charge on any atom is 0.319 e. The third kappa shape index (κ3) is 5.46.